The van der Waals surface area contributed by atoms with Crippen LogP contribution in [0.2, 0.25) is 0 Å². The highest BCUT2D eigenvalue weighted by Crippen LogP contribution is 2.34. The second kappa shape index (κ2) is 5.80. The molecule has 0 saturated heterocycles. The fourth-order valence-electron chi connectivity index (χ4n) is 2.46. The molecule has 0 aromatic carbocycles. The Labute approximate surface area is 125 Å². The van der Waals surface area contributed by atoms with Gasteiger partial charge in [0, 0.05) is 30.9 Å². The van der Waals surface area contributed by atoms with E-state index in [-0.39, 0.29) is 23.0 Å². The molecule has 1 heterocycles. The van der Waals surface area contributed by atoms with Gasteiger partial charge in [0.25, 0.3) is 0 Å². The van der Waals surface area contributed by atoms with Crippen molar-refractivity contribution in [2.24, 2.45) is 4.99 Å². The van der Waals surface area contributed by atoms with Gasteiger partial charge < -0.3 is 5.11 Å². The zero-order valence-electron chi connectivity index (χ0n) is 13.1. The summed E-state index contributed by atoms with van der Waals surface area (Å²) in [6, 6.07) is 3.84. The van der Waals surface area contributed by atoms with E-state index < -0.39 is 0 Å². The Morgan fingerprint density at radius 3 is 2.67 bits per heavy atom. The summed E-state index contributed by atoms with van der Waals surface area (Å²) in [6.07, 6.45) is 4.11. The predicted octanol–water partition coefficient (Wildman–Crippen LogP) is 3.52. The van der Waals surface area contributed by atoms with Gasteiger partial charge in [0.1, 0.15) is 5.76 Å². The number of aliphatic imine (C=N–C) groups is 1. The summed E-state index contributed by atoms with van der Waals surface area (Å²) in [5.74, 6) is 0.0745. The summed E-state index contributed by atoms with van der Waals surface area (Å²) in [7, 11) is 0. The highest BCUT2D eigenvalue weighted by Gasteiger charge is 2.29. The molecule has 1 aliphatic carbocycles. The van der Waals surface area contributed by atoms with E-state index in [1.807, 2.05) is 39.8 Å². The van der Waals surface area contributed by atoms with Crippen molar-refractivity contribution >= 4 is 12.0 Å². The second-order valence-electron chi connectivity index (χ2n) is 6.50. The first-order valence-corrected chi connectivity index (χ1v) is 7.20. The molecule has 0 aliphatic heterocycles. The number of aromatic nitrogens is 1. The van der Waals surface area contributed by atoms with Crippen LogP contribution in [0.5, 0.6) is 0 Å². The number of hydrogen-bond donors (Lipinski definition) is 1. The topological polar surface area (TPSA) is 62.5 Å². The number of allylic oxidation sites excluding steroid dienone is 2. The van der Waals surface area contributed by atoms with Crippen LogP contribution in [-0.2, 0) is 4.79 Å². The van der Waals surface area contributed by atoms with Gasteiger partial charge in [-0.1, -0.05) is 6.07 Å². The number of nitrogens with zero attached hydrogens (tertiary/aromatic N) is 2. The van der Waals surface area contributed by atoms with Crippen LogP contribution >= 0.6 is 0 Å². The Balaban J connectivity index is 2.27. The van der Waals surface area contributed by atoms with Crippen LogP contribution in [0, 0.1) is 6.92 Å². The molecule has 0 saturated carbocycles. The van der Waals surface area contributed by atoms with E-state index in [4.69, 9.17) is 0 Å². The van der Waals surface area contributed by atoms with E-state index in [2.05, 4.69) is 9.98 Å². The van der Waals surface area contributed by atoms with Crippen molar-refractivity contribution in [1.82, 2.24) is 4.98 Å². The Morgan fingerprint density at radius 2 is 2.10 bits per heavy atom. The van der Waals surface area contributed by atoms with Crippen LogP contribution in [0.1, 0.15) is 50.8 Å². The summed E-state index contributed by atoms with van der Waals surface area (Å²) < 4.78 is 0. The van der Waals surface area contributed by atoms with Crippen molar-refractivity contribution in [3.8, 4) is 0 Å². The predicted molar refractivity (Wildman–Crippen MR) is 83.9 cm³/mol. The summed E-state index contributed by atoms with van der Waals surface area (Å²) in [5.41, 5.74) is 2.03. The maximum absolute atomic E-state index is 12.3. The molecule has 1 atom stereocenters. The number of ketones is 1. The zero-order chi connectivity index (χ0) is 15.6. The number of hydrogen-bond acceptors (Lipinski definition) is 4. The molecule has 1 unspecified atom stereocenters. The van der Waals surface area contributed by atoms with E-state index in [0.29, 0.717) is 18.4 Å². The first kappa shape index (κ1) is 15.4. The van der Waals surface area contributed by atoms with Crippen molar-refractivity contribution in [2.75, 3.05) is 0 Å². The molecular weight excluding hydrogens is 264 g/mol. The SMILES string of the molecule is Cc1ncccc1C1CC(=O)C(C=NC(C)(C)C)=C(O)C1. The maximum Gasteiger partial charge on any atom is 0.168 e. The number of aliphatic hydroxyl groups is 1. The van der Waals surface area contributed by atoms with Gasteiger partial charge in [0.05, 0.1) is 11.1 Å². The summed E-state index contributed by atoms with van der Waals surface area (Å²) in [5, 5.41) is 10.2. The molecule has 4 nitrogen and oxygen atoms in total. The molecule has 21 heavy (non-hydrogen) atoms. The molecule has 4 heteroatoms. The molecule has 1 aromatic heterocycles. The van der Waals surface area contributed by atoms with E-state index in [0.717, 1.165) is 11.3 Å². The molecule has 0 bridgehead atoms. The standard InChI is InChI=1S/C17H22N2O2/c1-11-13(6-5-7-18-11)12-8-15(20)14(16(21)9-12)10-19-17(2,3)4/h5-7,10,12,20H,8-9H2,1-4H3. The van der Waals surface area contributed by atoms with Gasteiger partial charge in [-0.3, -0.25) is 14.8 Å². The van der Waals surface area contributed by atoms with Crippen LogP contribution in [0.3, 0.4) is 0 Å². The van der Waals surface area contributed by atoms with Crippen LogP contribution in [-0.4, -0.2) is 27.6 Å². The van der Waals surface area contributed by atoms with Crippen LogP contribution < -0.4 is 0 Å². The molecule has 1 aliphatic rings. The molecule has 112 valence electrons. The Kier molecular flexibility index (Phi) is 4.26. The van der Waals surface area contributed by atoms with E-state index in [9.17, 15) is 9.90 Å². The Bertz CT molecular complexity index is 609. The highest BCUT2D eigenvalue weighted by atomic mass is 16.3. The van der Waals surface area contributed by atoms with Crippen molar-refractivity contribution in [1.29, 1.82) is 0 Å². The van der Waals surface area contributed by atoms with Gasteiger partial charge in [-0.05, 0) is 45.2 Å². The lowest BCUT2D eigenvalue weighted by Gasteiger charge is -2.23. The van der Waals surface area contributed by atoms with E-state index >= 15 is 0 Å². The molecule has 0 spiro atoms. The van der Waals surface area contributed by atoms with Crippen LogP contribution in [0.15, 0.2) is 34.7 Å². The van der Waals surface area contributed by atoms with Gasteiger partial charge in [-0.25, -0.2) is 0 Å². The number of Topliss-reactive ketones (excluding diaryl/α,β-unsaturated/α-hetero) is 1. The lowest BCUT2D eigenvalue weighted by atomic mass is 9.82. The normalized spacial score (nSPS) is 20.4. The Hall–Kier alpha value is -1.97. The van der Waals surface area contributed by atoms with Gasteiger partial charge in [0.2, 0.25) is 0 Å². The smallest absolute Gasteiger partial charge is 0.168 e. The summed E-state index contributed by atoms with van der Waals surface area (Å²) in [6.45, 7) is 7.79. The minimum Gasteiger partial charge on any atom is -0.511 e. The number of aryl methyl sites for hydroxylation is 1. The third-order valence-corrected chi connectivity index (χ3v) is 3.55. The van der Waals surface area contributed by atoms with Crippen molar-refractivity contribution in [3.05, 3.63) is 40.9 Å². The first-order chi connectivity index (χ1) is 9.78. The monoisotopic (exact) mass is 286 g/mol. The number of carbonyl (C=O) groups is 1. The molecule has 0 amide bonds. The lowest BCUT2D eigenvalue weighted by Crippen LogP contribution is -2.21. The molecular formula is C17H22N2O2. The minimum atomic E-state index is -0.260. The number of pyridine rings is 1. The summed E-state index contributed by atoms with van der Waals surface area (Å²) >= 11 is 0. The van der Waals surface area contributed by atoms with Gasteiger partial charge in [0.15, 0.2) is 5.78 Å². The zero-order valence-corrected chi connectivity index (χ0v) is 13.1. The highest BCUT2D eigenvalue weighted by molar-refractivity contribution is 6.14. The molecule has 1 aromatic rings. The van der Waals surface area contributed by atoms with Gasteiger partial charge in [-0.15, -0.1) is 0 Å². The minimum absolute atomic E-state index is 0.00186. The van der Waals surface area contributed by atoms with E-state index in [1.165, 1.54) is 6.21 Å². The maximum atomic E-state index is 12.3. The number of aliphatic hydroxyl groups excluding tert-OH is 1. The van der Waals surface area contributed by atoms with Crippen LogP contribution in [0.25, 0.3) is 0 Å². The molecule has 0 fully saturated rings. The van der Waals surface area contributed by atoms with Crippen molar-refractivity contribution < 1.29 is 9.90 Å². The third kappa shape index (κ3) is 3.78. The largest absolute Gasteiger partial charge is 0.511 e. The van der Waals surface area contributed by atoms with E-state index in [1.54, 1.807) is 6.20 Å². The average Bonchev–Trinajstić information content (AvgIpc) is 2.36. The van der Waals surface area contributed by atoms with Gasteiger partial charge in [-0.2, -0.15) is 0 Å². The Morgan fingerprint density at radius 1 is 1.38 bits per heavy atom. The summed E-state index contributed by atoms with van der Waals surface area (Å²) in [4.78, 5) is 20.9. The third-order valence-electron chi connectivity index (χ3n) is 3.55. The fourth-order valence-corrected chi connectivity index (χ4v) is 2.46. The molecule has 1 N–H and O–H groups in total. The molecule has 2 rings (SSSR count). The number of carbonyl (C=O) groups excluding carboxylic acids is 1. The fraction of sp³-hybridized carbons (Fsp3) is 0.471. The second-order valence-corrected chi connectivity index (χ2v) is 6.50. The molecule has 0 radical (unpaired) electrons. The van der Waals surface area contributed by atoms with Crippen LogP contribution in [0.4, 0.5) is 0 Å². The quantitative estimate of drug-likeness (QED) is 0.846. The van der Waals surface area contributed by atoms with Gasteiger partial charge >= 0.3 is 0 Å². The lowest BCUT2D eigenvalue weighted by molar-refractivity contribution is -0.116. The van der Waals surface area contributed by atoms with Crippen molar-refractivity contribution in [2.45, 2.75) is 52.0 Å². The number of rotatable bonds is 2. The van der Waals surface area contributed by atoms with Crippen molar-refractivity contribution in [3.63, 3.8) is 0 Å². The average molecular weight is 286 g/mol. The first-order valence-electron chi connectivity index (χ1n) is 7.20.